The molecule has 2 aromatic rings. The molecule has 1 aliphatic heterocycles. The standard InChI is InChI=1S/C14H14BrN3O/c15-6-13-16-17-14(18(13)12-3-4-12)9-1-2-10-7-19-8-11(10)5-9/h1-2,5,12H,3-4,6-8H2. The number of hydrogen-bond acceptors (Lipinski definition) is 3. The molecule has 0 atom stereocenters. The van der Waals surface area contributed by atoms with Gasteiger partial charge in [0.2, 0.25) is 0 Å². The van der Waals surface area contributed by atoms with Gasteiger partial charge in [-0.3, -0.25) is 0 Å². The van der Waals surface area contributed by atoms with Gasteiger partial charge in [0.25, 0.3) is 0 Å². The van der Waals surface area contributed by atoms with E-state index in [-0.39, 0.29) is 0 Å². The van der Waals surface area contributed by atoms with Crippen molar-refractivity contribution in [1.29, 1.82) is 0 Å². The highest BCUT2D eigenvalue weighted by atomic mass is 79.9. The molecule has 0 amide bonds. The van der Waals surface area contributed by atoms with E-state index in [4.69, 9.17) is 4.74 Å². The minimum absolute atomic E-state index is 0.585. The zero-order valence-electron chi connectivity index (χ0n) is 10.5. The molecule has 19 heavy (non-hydrogen) atoms. The molecule has 4 rings (SSSR count). The fourth-order valence-electron chi connectivity index (χ4n) is 2.64. The molecule has 0 bridgehead atoms. The molecule has 0 unspecified atom stereocenters. The van der Waals surface area contributed by atoms with Crippen LogP contribution in [0.2, 0.25) is 0 Å². The van der Waals surface area contributed by atoms with E-state index in [2.05, 4.69) is 48.9 Å². The number of rotatable bonds is 3. The van der Waals surface area contributed by atoms with Crippen molar-refractivity contribution < 1.29 is 4.74 Å². The van der Waals surface area contributed by atoms with Crippen molar-refractivity contribution in [2.45, 2.75) is 37.4 Å². The Bertz CT molecular complexity index is 634. The third kappa shape index (κ3) is 1.92. The second-order valence-electron chi connectivity index (χ2n) is 5.15. The molecule has 0 radical (unpaired) electrons. The number of hydrogen-bond donors (Lipinski definition) is 0. The van der Waals surface area contributed by atoms with Crippen molar-refractivity contribution in [1.82, 2.24) is 14.8 Å². The van der Waals surface area contributed by atoms with E-state index in [1.807, 2.05) is 0 Å². The first-order valence-corrected chi connectivity index (χ1v) is 7.68. The average Bonchev–Trinajstić information content (AvgIpc) is 3.02. The molecule has 1 aliphatic carbocycles. The van der Waals surface area contributed by atoms with Crippen molar-refractivity contribution in [2.24, 2.45) is 0 Å². The van der Waals surface area contributed by atoms with Crippen LogP contribution in [0, 0.1) is 0 Å². The summed E-state index contributed by atoms with van der Waals surface area (Å²) in [5.41, 5.74) is 3.72. The van der Waals surface area contributed by atoms with Crippen LogP contribution >= 0.6 is 15.9 Å². The molecule has 4 nitrogen and oxygen atoms in total. The Morgan fingerprint density at radius 2 is 2.05 bits per heavy atom. The molecule has 1 fully saturated rings. The smallest absolute Gasteiger partial charge is 0.164 e. The van der Waals surface area contributed by atoms with Crippen molar-refractivity contribution in [3.8, 4) is 11.4 Å². The quantitative estimate of drug-likeness (QED) is 0.816. The van der Waals surface area contributed by atoms with Crippen LogP contribution in [-0.4, -0.2) is 14.8 Å². The third-order valence-electron chi connectivity index (χ3n) is 3.78. The molecule has 2 aliphatic rings. The number of nitrogens with zero attached hydrogens (tertiary/aromatic N) is 3. The Morgan fingerprint density at radius 1 is 1.21 bits per heavy atom. The molecule has 1 aromatic heterocycles. The lowest BCUT2D eigenvalue weighted by Crippen LogP contribution is -2.02. The number of halogens is 1. The van der Waals surface area contributed by atoms with Crippen LogP contribution in [0.1, 0.15) is 35.8 Å². The first-order chi connectivity index (χ1) is 9.36. The number of fused-ring (bicyclic) bond motifs is 1. The summed E-state index contributed by atoms with van der Waals surface area (Å²) >= 11 is 3.50. The normalized spacial score (nSPS) is 17.7. The summed E-state index contributed by atoms with van der Waals surface area (Å²) in [5.74, 6) is 2.01. The second-order valence-corrected chi connectivity index (χ2v) is 5.71. The molecule has 98 valence electrons. The van der Waals surface area contributed by atoms with Gasteiger partial charge in [-0.2, -0.15) is 0 Å². The molecule has 5 heteroatoms. The van der Waals surface area contributed by atoms with Gasteiger partial charge in [0.1, 0.15) is 5.82 Å². The van der Waals surface area contributed by atoms with Gasteiger partial charge in [-0.05, 0) is 30.0 Å². The Balaban J connectivity index is 1.81. The van der Waals surface area contributed by atoms with Gasteiger partial charge in [-0.25, -0.2) is 0 Å². The number of alkyl halides is 1. The highest BCUT2D eigenvalue weighted by Gasteiger charge is 2.29. The predicted molar refractivity (Wildman–Crippen MR) is 74.9 cm³/mol. The van der Waals surface area contributed by atoms with Crippen LogP contribution in [0.4, 0.5) is 0 Å². The van der Waals surface area contributed by atoms with Crippen LogP contribution in [0.25, 0.3) is 11.4 Å². The molecule has 2 heterocycles. The van der Waals surface area contributed by atoms with Crippen LogP contribution in [0.5, 0.6) is 0 Å². The second kappa shape index (κ2) is 4.42. The van der Waals surface area contributed by atoms with Gasteiger partial charge in [0.15, 0.2) is 5.82 Å². The zero-order valence-corrected chi connectivity index (χ0v) is 12.1. The van der Waals surface area contributed by atoms with Crippen molar-refractivity contribution in [3.05, 3.63) is 35.2 Å². The van der Waals surface area contributed by atoms with Gasteiger partial charge < -0.3 is 9.30 Å². The Labute approximate surface area is 119 Å². The van der Waals surface area contributed by atoms with E-state index in [9.17, 15) is 0 Å². The zero-order chi connectivity index (χ0) is 12.8. The Hall–Kier alpha value is -1.20. The van der Waals surface area contributed by atoms with Crippen molar-refractivity contribution in [2.75, 3.05) is 0 Å². The predicted octanol–water partition coefficient (Wildman–Crippen LogP) is 3.21. The maximum Gasteiger partial charge on any atom is 0.164 e. The van der Waals surface area contributed by atoms with E-state index in [0.29, 0.717) is 12.6 Å². The third-order valence-corrected chi connectivity index (χ3v) is 4.28. The Kier molecular flexibility index (Phi) is 2.70. The van der Waals surface area contributed by atoms with Crippen molar-refractivity contribution in [3.63, 3.8) is 0 Å². The van der Waals surface area contributed by atoms with E-state index in [0.717, 1.165) is 29.1 Å². The van der Waals surface area contributed by atoms with E-state index in [1.54, 1.807) is 0 Å². The van der Waals surface area contributed by atoms with Crippen LogP contribution in [0.3, 0.4) is 0 Å². The maximum atomic E-state index is 5.47. The Morgan fingerprint density at radius 3 is 2.84 bits per heavy atom. The number of aromatic nitrogens is 3. The summed E-state index contributed by atoms with van der Waals surface area (Å²) in [6.07, 6.45) is 2.47. The topological polar surface area (TPSA) is 39.9 Å². The van der Waals surface area contributed by atoms with Crippen LogP contribution in [0.15, 0.2) is 18.2 Å². The van der Waals surface area contributed by atoms with Crippen LogP contribution < -0.4 is 0 Å². The SMILES string of the molecule is BrCc1nnc(-c2ccc3c(c2)COC3)n1C1CC1. The molecule has 0 spiro atoms. The molecule has 1 saturated carbocycles. The van der Waals surface area contributed by atoms with E-state index in [1.165, 1.54) is 24.0 Å². The summed E-state index contributed by atoms with van der Waals surface area (Å²) in [7, 11) is 0. The van der Waals surface area contributed by atoms with Gasteiger partial charge >= 0.3 is 0 Å². The van der Waals surface area contributed by atoms with Gasteiger partial charge in [0, 0.05) is 11.6 Å². The summed E-state index contributed by atoms with van der Waals surface area (Å²) < 4.78 is 7.76. The first kappa shape index (κ1) is 11.6. The molecular formula is C14H14BrN3O. The highest BCUT2D eigenvalue weighted by Crippen LogP contribution is 2.39. The summed E-state index contributed by atoms with van der Waals surface area (Å²) in [6.45, 7) is 1.45. The monoisotopic (exact) mass is 319 g/mol. The largest absolute Gasteiger partial charge is 0.372 e. The molecule has 1 aromatic carbocycles. The molecular weight excluding hydrogens is 306 g/mol. The summed E-state index contributed by atoms with van der Waals surface area (Å²) in [4.78, 5) is 0. The fraction of sp³-hybridized carbons (Fsp3) is 0.429. The van der Waals surface area contributed by atoms with Crippen LogP contribution in [-0.2, 0) is 23.3 Å². The first-order valence-electron chi connectivity index (χ1n) is 6.56. The number of ether oxygens (including phenoxy) is 1. The highest BCUT2D eigenvalue weighted by molar-refractivity contribution is 9.08. The van der Waals surface area contributed by atoms with Gasteiger partial charge in [0.05, 0.1) is 18.5 Å². The lowest BCUT2D eigenvalue weighted by atomic mass is 10.1. The van der Waals surface area contributed by atoms with E-state index >= 15 is 0 Å². The molecule has 0 N–H and O–H groups in total. The molecule has 0 saturated heterocycles. The average molecular weight is 320 g/mol. The number of benzene rings is 1. The van der Waals surface area contributed by atoms with Gasteiger partial charge in [-0.1, -0.05) is 28.1 Å². The van der Waals surface area contributed by atoms with Gasteiger partial charge in [-0.15, -0.1) is 10.2 Å². The maximum absolute atomic E-state index is 5.47. The summed E-state index contributed by atoms with van der Waals surface area (Å²) in [5, 5.41) is 9.44. The fourth-order valence-corrected chi connectivity index (χ4v) is 3.02. The summed E-state index contributed by atoms with van der Waals surface area (Å²) in [6, 6.07) is 7.07. The minimum Gasteiger partial charge on any atom is -0.372 e. The lowest BCUT2D eigenvalue weighted by Gasteiger charge is -2.08. The minimum atomic E-state index is 0.585. The lowest BCUT2D eigenvalue weighted by molar-refractivity contribution is 0.134. The van der Waals surface area contributed by atoms with Crippen molar-refractivity contribution >= 4 is 15.9 Å². The van der Waals surface area contributed by atoms with E-state index < -0.39 is 0 Å².